The average Bonchev–Trinajstić information content (AvgIpc) is 3.23. The first-order valence-electron chi connectivity index (χ1n) is 14.2. The van der Waals surface area contributed by atoms with E-state index in [9.17, 15) is 43.9 Å². The smallest absolute Gasteiger partial charge is 0.359 e. The van der Waals surface area contributed by atoms with Crippen LogP contribution in [0.25, 0.3) is 0 Å². The molecule has 6 nitrogen and oxygen atoms in total. The van der Waals surface area contributed by atoms with E-state index < -0.39 is 62.7 Å². The van der Waals surface area contributed by atoms with E-state index in [2.05, 4.69) is 5.32 Å². The number of amidine groups is 1. The van der Waals surface area contributed by atoms with Crippen molar-refractivity contribution in [3.63, 3.8) is 0 Å². The lowest BCUT2D eigenvalue weighted by molar-refractivity contribution is -0.151. The van der Waals surface area contributed by atoms with Gasteiger partial charge in [0.1, 0.15) is 17.2 Å². The van der Waals surface area contributed by atoms with Crippen LogP contribution in [0.15, 0.2) is 58.4 Å². The van der Waals surface area contributed by atoms with E-state index in [0.717, 1.165) is 36.4 Å². The second-order valence-corrected chi connectivity index (χ2v) is 14.2. The first-order valence-corrected chi connectivity index (χ1v) is 15.7. The molecule has 1 N–H and O–H groups in total. The van der Waals surface area contributed by atoms with Crippen molar-refractivity contribution < 1.29 is 43.9 Å². The summed E-state index contributed by atoms with van der Waals surface area (Å²) in [6.07, 6.45) is -9.17. The van der Waals surface area contributed by atoms with Crippen molar-refractivity contribution in [3.8, 4) is 0 Å². The van der Waals surface area contributed by atoms with Gasteiger partial charge in [-0.15, -0.1) is 0 Å². The molecule has 1 heterocycles. The quantitative estimate of drug-likeness (QED) is 0.272. The molecule has 6 rings (SSSR count). The highest BCUT2D eigenvalue weighted by atomic mass is 32.2. The van der Waals surface area contributed by atoms with Crippen LogP contribution in [0.2, 0.25) is 0 Å². The number of ketones is 1. The number of carbonyl (C=O) groups excluding carboxylic acids is 1. The van der Waals surface area contributed by atoms with Gasteiger partial charge in [0.2, 0.25) is 10.0 Å². The zero-order valence-electron chi connectivity index (χ0n) is 24.0. The molecule has 2 bridgehead atoms. The lowest BCUT2D eigenvalue weighted by Gasteiger charge is -2.73. The SMILES string of the molecule is CC[C@H]1N=C(C23CC(N(Cc4ccc(C(F)(F)F)cc4)S(=O)(=O)c4ccc(F)cc4)(C2)C3)N[C@@]1(C)C(=O)CCCC(F)(F)F. The summed E-state index contributed by atoms with van der Waals surface area (Å²) in [5.74, 6) is -0.488. The number of aliphatic imine (C=N–C) groups is 1. The topological polar surface area (TPSA) is 78.8 Å². The summed E-state index contributed by atoms with van der Waals surface area (Å²) >= 11 is 0. The van der Waals surface area contributed by atoms with Crippen molar-refractivity contribution in [1.82, 2.24) is 9.62 Å². The first kappa shape index (κ1) is 32.4. The monoisotopic (exact) mass is 647 g/mol. The molecule has 240 valence electrons. The lowest BCUT2D eigenvalue weighted by Crippen LogP contribution is -2.79. The summed E-state index contributed by atoms with van der Waals surface area (Å²) in [4.78, 5) is 17.7. The van der Waals surface area contributed by atoms with Crippen molar-refractivity contribution in [2.75, 3.05) is 0 Å². The Bertz CT molecular complexity index is 1530. The Balaban J connectivity index is 1.37. The predicted octanol–water partition coefficient (Wildman–Crippen LogP) is 6.80. The Morgan fingerprint density at radius 1 is 1.00 bits per heavy atom. The third-order valence-corrected chi connectivity index (χ3v) is 11.2. The molecule has 0 aromatic heterocycles. The zero-order chi connectivity index (χ0) is 32.3. The molecule has 1 aliphatic heterocycles. The summed E-state index contributed by atoms with van der Waals surface area (Å²) in [7, 11) is -4.22. The maximum Gasteiger partial charge on any atom is 0.416 e. The molecule has 3 fully saturated rings. The molecule has 2 atom stereocenters. The molecular formula is C30H32F7N3O3S. The van der Waals surface area contributed by atoms with Crippen LogP contribution in [0.5, 0.6) is 0 Å². The fourth-order valence-corrected chi connectivity index (χ4v) is 8.59. The number of halogens is 7. The van der Waals surface area contributed by atoms with E-state index in [0.29, 0.717) is 37.1 Å². The molecule has 3 aliphatic carbocycles. The minimum absolute atomic E-state index is 0.163. The lowest BCUT2D eigenvalue weighted by atomic mass is 9.38. The van der Waals surface area contributed by atoms with Gasteiger partial charge < -0.3 is 5.32 Å². The van der Waals surface area contributed by atoms with Crippen molar-refractivity contribution in [2.24, 2.45) is 10.4 Å². The van der Waals surface area contributed by atoms with Gasteiger partial charge >= 0.3 is 12.4 Å². The van der Waals surface area contributed by atoms with E-state index in [1.165, 1.54) is 16.4 Å². The fourth-order valence-electron chi connectivity index (χ4n) is 6.84. The van der Waals surface area contributed by atoms with Crippen molar-refractivity contribution in [1.29, 1.82) is 0 Å². The van der Waals surface area contributed by atoms with Crippen LogP contribution in [0.4, 0.5) is 30.7 Å². The molecule has 3 saturated carbocycles. The minimum Gasteiger partial charge on any atom is -0.359 e. The van der Waals surface area contributed by atoms with E-state index in [1.807, 2.05) is 6.92 Å². The zero-order valence-corrected chi connectivity index (χ0v) is 24.8. The largest absolute Gasteiger partial charge is 0.416 e. The van der Waals surface area contributed by atoms with Crippen LogP contribution in [-0.4, -0.2) is 47.6 Å². The number of benzene rings is 2. The molecule has 14 heteroatoms. The van der Waals surface area contributed by atoms with Gasteiger partial charge in [-0.3, -0.25) is 9.79 Å². The summed E-state index contributed by atoms with van der Waals surface area (Å²) in [6.45, 7) is 3.23. The Kier molecular flexibility index (Phi) is 7.96. The number of rotatable bonds is 11. The van der Waals surface area contributed by atoms with Gasteiger partial charge in [-0.05, 0) is 81.0 Å². The highest BCUT2D eigenvalue weighted by Gasteiger charge is 2.75. The standard InChI is InChI=1S/C30H32F7N3O3S/c1-3-23-26(2,24(41)5-4-14-29(32,33)34)39-25(38-23)27-16-28(17-27,18-27)40(44(42,43)22-12-10-21(31)11-13-22)15-19-6-8-20(9-7-19)30(35,36)37/h6-13,23H,3-5,14-18H2,1-2H3,(H,38,39)/t23-,26-,27?,28?/m1/s1. The van der Waals surface area contributed by atoms with Crippen LogP contribution >= 0.6 is 0 Å². The third-order valence-electron chi connectivity index (χ3n) is 9.20. The van der Waals surface area contributed by atoms with E-state index in [1.54, 1.807) is 6.92 Å². The normalized spacial score (nSPS) is 28.2. The first-order chi connectivity index (χ1) is 20.3. The van der Waals surface area contributed by atoms with E-state index in [-0.39, 0.29) is 30.1 Å². The highest BCUT2D eigenvalue weighted by Crippen LogP contribution is 2.71. The summed E-state index contributed by atoms with van der Waals surface area (Å²) < 4.78 is 120. The maximum atomic E-state index is 13.9. The van der Waals surface area contributed by atoms with Gasteiger partial charge in [0.25, 0.3) is 0 Å². The second kappa shape index (κ2) is 10.8. The van der Waals surface area contributed by atoms with Gasteiger partial charge in [-0.1, -0.05) is 19.1 Å². The number of nitrogens with one attached hydrogen (secondary N) is 1. The highest BCUT2D eigenvalue weighted by molar-refractivity contribution is 7.89. The van der Waals surface area contributed by atoms with Crippen molar-refractivity contribution in [3.05, 3.63) is 65.5 Å². The second-order valence-electron chi connectivity index (χ2n) is 12.3. The molecular weight excluding hydrogens is 615 g/mol. The molecule has 0 radical (unpaired) electrons. The Hall–Kier alpha value is -3.00. The fraction of sp³-hybridized carbons (Fsp3) is 0.533. The number of hydrogen-bond donors (Lipinski definition) is 1. The van der Waals surface area contributed by atoms with Crippen LogP contribution in [0, 0.1) is 11.2 Å². The molecule has 4 aliphatic rings. The van der Waals surface area contributed by atoms with Gasteiger partial charge in [0, 0.05) is 30.3 Å². The summed E-state index contributed by atoms with van der Waals surface area (Å²) in [5.41, 5.74) is -3.20. The van der Waals surface area contributed by atoms with Crippen LogP contribution < -0.4 is 5.32 Å². The van der Waals surface area contributed by atoms with Gasteiger partial charge in [-0.25, -0.2) is 12.8 Å². The Morgan fingerprint density at radius 3 is 2.11 bits per heavy atom. The molecule has 0 spiro atoms. The third kappa shape index (κ3) is 5.75. The Morgan fingerprint density at radius 2 is 1.59 bits per heavy atom. The number of nitrogens with zero attached hydrogens (tertiary/aromatic N) is 2. The van der Waals surface area contributed by atoms with E-state index in [4.69, 9.17) is 4.99 Å². The van der Waals surface area contributed by atoms with Gasteiger partial charge in [0.15, 0.2) is 5.78 Å². The molecule has 0 unspecified atom stereocenters. The minimum atomic E-state index is -4.56. The predicted molar refractivity (Wildman–Crippen MR) is 148 cm³/mol. The number of Topliss-reactive ketones (excluding diaryl/α,β-unsaturated/α-hetero) is 1. The van der Waals surface area contributed by atoms with Crippen LogP contribution in [-0.2, 0) is 27.5 Å². The number of carbonyl (C=O) groups is 1. The molecule has 0 saturated heterocycles. The Labute approximate surface area is 250 Å². The maximum absolute atomic E-state index is 13.9. The molecule has 2 aromatic carbocycles. The molecule has 44 heavy (non-hydrogen) atoms. The number of alkyl halides is 6. The van der Waals surface area contributed by atoms with Crippen LogP contribution in [0.1, 0.15) is 69.9 Å². The summed E-state index contributed by atoms with van der Waals surface area (Å²) in [6, 6.07) is 8.01. The molecule has 0 amide bonds. The van der Waals surface area contributed by atoms with Crippen molar-refractivity contribution in [2.45, 2.75) is 99.7 Å². The average molecular weight is 648 g/mol. The number of sulfonamides is 1. The summed E-state index contributed by atoms with van der Waals surface area (Å²) in [5, 5.41) is 3.20. The van der Waals surface area contributed by atoms with E-state index >= 15 is 0 Å². The van der Waals surface area contributed by atoms with Crippen LogP contribution in [0.3, 0.4) is 0 Å². The molecule has 2 aromatic rings. The van der Waals surface area contributed by atoms with Gasteiger partial charge in [0.05, 0.1) is 16.5 Å². The van der Waals surface area contributed by atoms with Crippen molar-refractivity contribution >= 4 is 21.6 Å². The van der Waals surface area contributed by atoms with Gasteiger partial charge in [-0.2, -0.15) is 30.6 Å². The number of hydrogen-bond acceptors (Lipinski definition) is 5.